The third kappa shape index (κ3) is 2.54. The number of rotatable bonds is 3. The molecule has 1 N–H and O–H groups in total. The van der Waals surface area contributed by atoms with Crippen molar-refractivity contribution in [2.45, 2.75) is 31.8 Å². The van der Waals surface area contributed by atoms with Gasteiger partial charge in [0.1, 0.15) is 6.10 Å². The van der Waals surface area contributed by atoms with Crippen molar-refractivity contribution in [3.8, 4) is 0 Å². The smallest absolute Gasteiger partial charge is 0.104 e. The van der Waals surface area contributed by atoms with E-state index in [4.69, 9.17) is 11.6 Å². The highest BCUT2D eigenvalue weighted by Gasteiger charge is 2.37. The van der Waals surface area contributed by atoms with Crippen LogP contribution in [0.2, 0.25) is 0 Å². The van der Waals surface area contributed by atoms with Gasteiger partial charge in [-0.15, -0.1) is 0 Å². The minimum Gasteiger partial charge on any atom is -0.384 e. The fourth-order valence-corrected chi connectivity index (χ4v) is 3.85. The van der Waals surface area contributed by atoms with E-state index in [9.17, 15) is 5.11 Å². The van der Waals surface area contributed by atoms with Crippen LogP contribution in [0.1, 0.15) is 54.0 Å². The van der Waals surface area contributed by atoms with Crippen LogP contribution >= 0.6 is 11.6 Å². The Balaban J connectivity index is 1.77. The van der Waals surface area contributed by atoms with Crippen molar-refractivity contribution in [1.29, 1.82) is 0 Å². The summed E-state index contributed by atoms with van der Waals surface area (Å²) in [5.74, 6) is 0.473. The van der Waals surface area contributed by atoms with E-state index >= 15 is 0 Å². The Morgan fingerprint density at radius 3 is 2.65 bits per heavy atom. The van der Waals surface area contributed by atoms with Crippen LogP contribution in [0.5, 0.6) is 0 Å². The maximum Gasteiger partial charge on any atom is 0.104 e. The summed E-state index contributed by atoms with van der Waals surface area (Å²) in [5, 5.41) is 11.6. The van der Waals surface area contributed by atoms with Gasteiger partial charge < -0.3 is 5.11 Å². The van der Waals surface area contributed by atoms with Gasteiger partial charge in [-0.05, 0) is 58.4 Å². The van der Waals surface area contributed by atoms with Crippen molar-refractivity contribution in [1.82, 2.24) is 0 Å². The average Bonchev–Trinajstić information content (AvgIpc) is 3.39. The maximum atomic E-state index is 10.7. The SMILES string of the molecule is CCC1=Cc2cc(C(O)c3ccccc3)ccc2C2CC2=C1Cl. The lowest BCUT2D eigenvalue weighted by atomic mass is 9.94. The first-order chi connectivity index (χ1) is 11.2. The molecule has 2 aromatic carbocycles. The topological polar surface area (TPSA) is 20.2 Å². The Hall–Kier alpha value is -1.83. The molecule has 2 aromatic rings. The second kappa shape index (κ2) is 5.67. The number of benzene rings is 2. The number of halogens is 1. The first-order valence-electron chi connectivity index (χ1n) is 8.15. The van der Waals surface area contributed by atoms with Crippen LogP contribution in [0.15, 0.2) is 64.7 Å². The summed E-state index contributed by atoms with van der Waals surface area (Å²) in [6.07, 6.45) is 3.60. The number of fused-ring (bicyclic) bond motifs is 3. The van der Waals surface area contributed by atoms with E-state index in [-0.39, 0.29) is 0 Å². The zero-order valence-corrected chi connectivity index (χ0v) is 13.8. The molecule has 0 saturated heterocycles. The van der Waals surface area contributed by atoms with Crippen molar-refractivity contribution < 1.29 is 5.11 Å². The minimum atomic E-state index is -0.592. The summed E-state index contributed by atoms with van der Waals surface area (Å²) in [6.45, 7) is 2.14. The third-order valence-electron chi connectivity index (χ3n) is 4.88. The Morgan fingerprint density at radius 1 is 1.13 bits per heavy atom. The Labute approximate surface area is 141 Å². The zero-order valence-electron chi connectivity index (χ0n) is 13.1. The molecule has 0 radical (unpaired) electrons. The molecule has 1 fully saturated rings. The number of aliphatic hydroxyl groups excluding tert-OH is 1. The number of allylic oxidation sites excluding steroid dienone is 3. The molecule has 116 valence electrons. The van der Waals surface area contributed by atoms with E-state index in [0.717, 1.165) is 29.0 Å². The van der Waals surface area contributed by atoms with Gasteiger partial charge in [0, 0.05) is 11.0 Å². The van der Waals surface area contributed by atoms with Crippen LogP contribution in [-0.4, -0.2) is 5.11 Å². The fraction of sp³-hybridized carbons (Fsp3) is 0.238. The minimum absolute atomic E-state index is 0.473. The molecule has 2 heteroatoms. The molecule has 1 nitrogen and oxygen atoms in total. The van der Waals surface area contributed by atoms with E-state index < -0.39 is 6.10 Å². The normalized spacial score (nSPS) is 20.3. The highest BCUT2D eigenvalue weighted by molar-refractivity contribution is 6.33. The molecule has 1 saturated carbocycles. The van der Waals surface area contributed by atoms with E-state index in [0.29, 0.717) is 5.92 Å². The van der Waals surface area contributed by atoms with Crippen LogP contribution in [0.4, 0.5) is 0 Å². The van der Waals surface area contributed by atoms with Gasteiger partial charge in [0.15, 0.2) is 0 Å². The Morgan fingerprint density at radius 2 is 1.91 bits per heavy atom. The number of hydrogen-bond acceptors (Lipinski definition) is 1. The molecule has 0 bridgehead atoms. The highest BCUT2D eigenvalue weighted by atomic mass is 35.5. The molecule has 0 heterocycles. The largest absolute Gasteiger partial charge is 0.384 e. The van der Waals surface area contributed by atoms with Gasteiger partial charge in [0.2, 0.25) is 0 Å². The summed E-state index contributed by atoms with van der Waals surface area (Å²) in [6, 6.07) is 16.1. The highest BCUT2D eigenvalue weighted by Crippen LogP contribution is 2.54. The molecule has 2 aliphatic rings. The van der Waals surface area contributed by atoms with Crippen LogP contribution < -0.4 is 0 Å². The lowest BCUT2D eigenvalue weighted by molar-refractivity contribution is 0.220. The molecule has 2 atom stereocenters. The number of aliphatic hydroxyl groups is 1. The molecule has 2 unspecified atom stereocenters. The van der Waals surface area contributed by atoms with E-state index in [1.165, 1.54) is 22.3 Å². The molecule has 0 spiro atoms. The summed E-state index contributed by atoms with van der Waals surface area (Å²) in [4.78, 5) is 0. The van der Waals surface area contributed by atoms with Gasteiger partial charge in [-0.1, -0.05) is 61.0 Å². The van der Waals surface area contributed by atoms with Gasteiger partial charge in [-0.25, -0.2) is 0 Å². The molecule has 0 amide bonds. The second-order valence-electron chi connectivity index (χ2n) is 6.32. The van der Waals surface area contributed by atoms with Crippen LogP contribution in [0.3, 0.4) is 0 Å². The molecule has 0 aliphatic heterocycles. The van der Waals surface area contributed by atoms with E-state index in [1.807, 2.05) is 36.4 Å². The number of hydrogen-bond donors (Lipinski definition) is 1. The van der Waals surface area contributed by atoms with E-state index in [1.54, 1.807) is 0 Å². The average molecular weight is 323 g/mol. The third-order valence-corrected chi connectivity index (χ3v) is 5.36. The van der Waals surface area contributed by atoms with Crippen molar-refractivity contribution in [3.63, 3.8) is 0 Å². The Kier molecular flexibility index (Phi) is 3.63. The van der Waals surface area contributed by atoms with Crippen molar-refractivity contribution >= 4 is 17.7 Å². The van der Waals surface area contributed by atoms with Crippen LogP contribution in [0, 0.1) is 0 Å². The maximum absolute atomic E-state index is 10.7. The predicted molar refractivity (Wildman–Crippen MR) is 95.5 cm³/mol. The lowest BCUT2D eigenvalue weighted by Crippen LogP contribution is -2.01. The molecule has 4 rings (SSSR count). The standard InChI is InChI=1S/C21H19ClO/c1-2-13-10-16-11-15(21(23)14-6-4-3-5-7-14)8-9-17(16)18-12-19(18)20(13)22/h3-11,18,21,23H,2,12H2,1H3. The zero-order chi connectivity index (χ0) is 16.0. The van der Waals surface area contributed by atoms with Gasteiger partial charge in [0.25, 0.3) is 0 Å². The van der Waals surface area contributed by atoms with Gasteiger partial charge in [-0.3, -0.25) is 0 Å². The quantitative estimate of drug-likeness (QED) is 0.784. The fourth-order valence-electron chi connectivity index (χ4n) is 3.45. The van der Waals surface area contributed by atoms with Crippen molar-refractivity contribution in [3.05, 3.63) is 87.0 Å². The van der Waals surface area contributed by atoms with Crippen molar-refractivity contribution in [2.24, 2.45) is 0 Å². The second-order valence-corrected chi connectivity index (χ2v) is 6.70. The van der Waals surface area contributed by atoms with Gasteiger partial charge in [-0.2, -0.15) is 0 Å². The molecule has 2 aliphatic carbocycles. The lowest BCUT2D eigenvalue weighted by Gasteiger charge is -2.14. The monoisotopic (exact) mass is 322 g/mol. The Bertz CT molecular complexity index is 817. The summed E-state index contributed by atoms with van der Waals surface area (Å²) in [5.41, 5.74) is 6.96. The predicted octanol–water partition coefficient (Wildman–Crippen LogP) is 5.56. The van der Waals surface area contributed by atoms with Crippen LogP contribution in [-0.2, 0) is 0 Å². The van der Waals surface area contributed by atoms with Gasteiger partial charge in [0.05, 0.1) is 0 Å². The summed E-state index contributed by atoms with van der Waals surface area (Å²) in [7, 11) is 0. The summed E-state index contributed by atoms with van der Waals surface area (Å²) >= 11 is 6.53. The summed E-state index contributed by atoms with van der Waals surface area (Å²) < 4.78 is 0. The van der Waals surface area contributed by atoms with E-state index in [2.05, 4.69) is 25.1 Å². The molecule has 23 heavy (non-hydrogen) atoms. The molecular weight excluding hydrogens is 304 g/mol. The first kappa shape index (κ1) is 14.7. The van der Waals surface area contributed by atoms with Crippen LogP contribution in [0.25, 0.3) is 6.08 Å². The first-order valence-corrected chi connectivity index (χ1v) is 8.53. The molecular formula is C21H19ClO. The van der Waals surface area contributed by atoms with Crippen molar-refractivity contribution in [2.75, 3.05) is 0 Å². The molecule has 0 aromatic heterocycles. The van der Waals surface area contributed by atoms with Gasteiger partial charge >= 0.3 is 0 Å².